The van der Waals surface area contributed by atoms with Crippen LogP contribution in [0.4, 0.5) is 5.69 Å². The van der Waals surface area contributed by atoms with E-state index >= 15 is 0 Å². The van der Waals surface area contributed by atoms with Crippen molar-refractivity contribution in [3.8, 4) is 6.07 Å². The van der Waals surface area contributed by atoms with Crippen molar-refractivity contribution in [2.45, 2.75) is 12.3 Å². The number of rotatable bonds is 5. The largest absolute Gasteiger partial charge is 0.469 e. The van der Waals surface area contributed by atoms with Crippen LogP contribution in [0.5, 0.6) is 0 Å². The van der Waals surface area contributed by atoms with Gasteiger partial charge in [-0.25, -0.2) is 0 Å². The lowest BCUT2D eigenvalue weighted by atomic mass is 9.99. The third-order valence-corrected chi connectivity index (χ3v) is 4.79. The number of fused-ring (bicyclic) bond motifs is 1. The van der Waals surface area contributed by atoms with Crippen LogP contribution in [-0.2, 0) is 9.59 Å². The van der Waals surface area contributed by atoms with E-state index < -0.39 is 11.8 Å². The van der Waals surface area contributed by atoms with Gasteiger partial charge in [0.05, 0.1) is 12.3 Å². The maximum Gasteiger partial charge on any atom is 0.249 e. The Balaban J connectivity index is 1.51. The van der Waals surface area contributed by atoms with Crippen LogP contribution in [0.25, 0.3) is 10.8 Å². The van der Waals surface area contributed by atoms with Gasteiger partial charge in [-0.1, -0.05) is 36.4 Å². The zero-order valence-corrected chi connectivity index (χ0v) is 13.9. The third-order valence-electron chi connectivity index (χ3n) is 4.79. The Morgan fingerprint density at radius 1 is 1.12 bits per heavy atom. The van der Waals surface area contributed by atoms with E-state index in [9.17, 15) is 14.9 Å². The fourth-order valence-corrected chi connectivity index (χ4v) is 3.33. The lowest BCUT2D eigenvalue weighted by molar-refractivity contribution is -0.129. The van der Waals surface area contributed by atoms with Gasteiger partial charge < -0.3 is 9.73 Å². The average Bonchev–Trinajstić information content (AvgIpc) is 3.27. The Bertz CT molecular complexity index is 1010. The molecule has 1 aromatic heterocycles. The predicted molar refractivity (Wildman–Crippen MR) is 96.2 cm³/mol. The molecule has 1 fully saturated rings. The zero-order chi connectivity index (χ0) is 18.1. The van der Waals surface area contributed by atoms with E-state index in [1.165, 1.54) is 0 Å². The van der Waals surface area contributed by atoms with Gasteiger partial charge >= 0.3 is 0 Å². The number of anilines is 1. The van der Waals surface area contributed by atoms with E-state index in [-0.39, 0.29) is 17.6 Å². The molecule has 0 unspecified atom stereocenters. The quantitative estimate of drug-likeness (QED) is 0.712. The summed E-state index contributed by atoms with van der Waals surface area (Å²) in [6.45, 7) is 0. The molecule has 128 valence electrons. The molecule has 3 atom stereocenters. The summed E-state index contributed by atoms with van der Waals surface area (Å²) in [6, 6.07) is 18.6. The number of nitrogens with zero attached hydrogens (tertiary/aromatic N) is 1. The molecule has 5 heteroatoms. The summed E-state index contributed by atoms with van der Waals surface area (Å²) in [5.74, 6) is -1.87. The minimum atomic E-state index is -1.32. The summed E-state index contributed by atoms with van der Waals surface area (Å²) >= 11 is 0. The minimum Gasteiger partial charge on any atom is -0.469 e. The van der Waals surface area contributed by atoms with Gasteiger partial charge in [-0.05, 0) is 30.0 Å². The van der Waals surface area contributed by atoms with Crippen molar-refractivity contribution >= 4 is 28.2 Å². The van der Waals surface area contributed by atoms with Crippen LogP contribution in [0.15, 0.2) is 65.3 Å². The second kappa shape index (κ2) is 6.49. The minimum absolute atomic E-state index is 0.0290. The van der Waals surface area contributed by atoms with E-state index in [0.29, 0.717) is 12.1 Å². The predicted octanol–water partition coefficient (Wildman–Crippen LogP) is 3.88. The van der Waals surface area contributed by atoms with Crippen LogP contribution in [0.1, 0.15) is 18.1 Å². The van der Waals surface area contributed by atoms with E-state index in [1.807, 2.05) is 48.5 Å². The molecule has 1 aliphatic rings. The van der Waals surface area contributed by atoms with Crippen molar-refractivity contribution < 1.29 is 14.0 Å². The van der Waals surface area contributed by atoms with E-state index in [1.54, 1.807) is 18.4 Å². The Kier molecular flexibility index (Phi) is 4.02. The van der Waals surface area contributed by atoms with Crippen molar-refractivity contribution in [1.29, 1.82) is 5.26 Å². The van der Waals surface area contributed by atoms with Gasteiger partial charge in [0.2, 0.25) is 5.91 Å². The number of carbonyl (C=O) groups is 2. The van der Waals surface area contributed by atoms with Gasteiger partial charge in [-0.15, -0.1) is 0 Å². The van der Waals surface area contributed by atoms with Gasteiger partial charge in [-0.2, -0.15) is 5.26 Å². The highest BCUT2D eigenvalue weighted by Crippen LogP contribution is 2.49. The molecule has 1 amide bonds. The summed E-state index contributed by atoms with van der Waals surface area (Å²) in [4.78, 5) is 25.2. The topological polar surface area (TPSA) is 83.1 Å². The van der Waals surface area contributed by atoms with E-state index in [2.05, 4.69) is 5.32 Å². The molecule has 2 aromatic carbocycles. The molecule has 0 spiro atoms. The maximum absolute atomic E-state index is 12.6. The van der Waals surface area contributed by atoms with Crippen molar-refractivity contribution in [3.63, 3.8) is 0 Å². The van der Waals surface area contributed by atoms with Crippen LogP contribution < -0.4 is 5.32 Å². The Labute approximate surface area is 150 Å². The van der Waals surface area contributed by atoms with Gasteiger partial charge in [0.15, 0.2) is 11.7 Å². The summed E-state index contributed by atoms with van der Waals surface area (Å²) < 4.78 is 5.32. The smallest absolute Gasteiger partial charge is 0.249 e. The van der Waals surface area contributed by atoms with Gasteiger partial charge in [0.25, 0.3) is 0 Å². The number of furan rings is 1. The molecule has 1 saturated carbocycles. The number of nitriles is 1. The van der Waals surface area contributed by atoms with Gasteiger partial charge in [-0.3, -0.25) is 9.59 Å². The van der Waals surface area contributed by atoms with Crippen LogP contribution in [0.3, 0.4) is 0 Å². The first-order chi connectivity index (χ1) is 12.7. The molecule has 0 saturated heterocycles. The fraction of sp³-hybridized carbons (Fsp3) is 0.190. The number of ketones is 1. The van der Waals surface area contributed by atoms with E-state index in [4.69, 9.17) is 4.42 Å². The number of benzene rings is 2. The molecule has 5 nitrogen and oxygen atoms in total. The molecule has 3 aromatic rings. The lowest BCUT2D eigenvalue weighted by Gasteiger charge is -2.11. The second-order valence-corrected chi connectivity index (χ2v) is 6.44. The SMILES string of the molecule is N#C[C@H](C(=O)Nc1cccc2ccccc12)C(=O)[C@H]1C[C@H]1c1ccco1. The lowest BCUT2D eigenvalue weighted by Crippen LogP contribution is -2.30. The molecular weight excluding hydrogens is 328 g/mol. The standard InChI is InChI=1S/C21H16N2O3/c22-12-17(20(24)16-11-15(16)19-9-4-10-26-19)21(25)23-18-8-3-6-13-5-1-2-7-14(13)18/h1-10,15-17H,11H2,(H,23,25)/t15-,16+,17+/m1/s1. The molecular formula is C21H16N2O3. The molecule has 1 heterocycles. The number of hydrogen-bond donors (Lipinski definition) is 1. The first kappa shape index (κ1) is 16.1. The Hall–Kier alpha value is -3.39. The molecule has 4 rings (SSSR count). The number of nitrogens with one attached hydrogen (secondary N) is 1. The monoisotopic (exact) mass is 344 g/mol. The second-order valence-electron chi connectivity index (χ2n) is 6.44. The summed E-state index contributed by atoms with van der Waals surface area (Å²) in [6.07, 6.45) is 2.18. The number of carbonyl (C=O) groups excluding carboxylic acids is 2. The zero-order valence-electron chi connectivity index (χ0n) is 13.9. The molecule has 1 aliphatic carbocycles. The van der Waals surface area contributed by atoms with Gasteiger partial charge in [0, 0.05) is 22.9 Å². The van der Waals surface area contributed by atoms with Gasteiger partial charge in [0.1, 0.15) is 5.76 Å². The third kappa shape index (κ3) is 2.86. The van der Waals surface area contributed by atoms with Crippen molar-refractivity contribution in [2.75, 3.05) is 5.32 Å². The van der Waals surface area contributed by atoms with E-state index in [0.717, 1.165) is 16.5 Å². The highest BCUT2D eigenvalue weighted by atomic mass is 16.3. The highest BCUT2D eigenvalue weighted by Gasteiger charge is 2.49. The van der Waals surface area contributed by atoms with Crippen molar-refractivity contribution in [1.82, 2.24) is 0 Å². The molecule has 0 bridgehead atoms. The normalized spacial score (nSPS) is 19.5. The molecule has 26 heavy (non-hydrogen) atoms. The maximum atomic E-state index is 12.6. The molecule has 0 aliphatic heterocycles. The van der Waals surface area contributed by atoms with Crippen molar-refractivity contribution in [3.05, 3.63) is 66.6 Å². The highest BCUT2D eigenvalue weighted by molar-refractivity contribution is 6.13. The van der Waals surface area contributed by atoms with Crippen LogP contribution in [-0.4, -0.2) is 11.7 Å². The average molecular weight is 344 g/mol. The first-order valence-corrected chi connectivity index (χ1v) is 8.44. The molecule has 0 radical (unpaired) electrons. The Morgan fingerprint density at radius 2 is 1.92 bits per heavy atom. The van der Waals surface area contributed by atoms with Crippen LogP contribution in [0.2, 0.25) is 0 Å². The summed E-state index contributed by atoms with van der Waals surface area (Å²) in [5, 5.41) is 14.0. The number of amides is 1. The van der Waals surface area contributed by atoms with Crippen molar-refractivity contribution in [2.24, 2.45) is 11.8 Å². The number of hydrogen-bond acceptors (Lipinski definition) is 4. The van der Waals surface area contributed by atoms with Crippen LogP contribution in [0, 0.1) is 23.2 Å². The summed E-state index contributed by atoms with van der Waals surface area (Å²) in [5.41, 5.74) is 0.597. The number of Topliss-reactive ketones (excluding diaryl/α,β-unsaturated/α-hetero) is 1. The Morgan fingerprint density at radius 3 is 2.69 bits per heavy atom. The first-order valence-electron chi connectivity index (χ1n) is 8.44. The fourth-order valence-electron chi connectivity index (χ4n) is 3.33. The van der Waals surface area contributed by atoms with Crippen LogP contribution >= 0.6 is 0 Å². The summed E-state index contributed by atoms with van der Waals surface area (Å²) in [7, 11) is 0. The molecule has 1 N–H and O–H groups in total.